The van der Waals surface area contributed by atoms with Crippen LogP contribution in [-0.2, 0) is 4.79 Å². The van der Waals surface area contributed by atoms with Crippen molar-refractivity contribution in [2.75, 3.05) is 0 Å². The van der Waals surface area contributed by atoms with E-state index in [-0.39, 0.29) is 11.5 Å². The van der Waals surface area contributed by atoms with E-state index in [0.29, 0.717) is 16.7 Å². The second kappa shape index (κ2) is 6.35. The molecule has 1 aromatic carbocycles. The fourth-order valence-corrected chi connectivity index (χ4v) is 2.88. The number of aryl methyl sites for hydroxylation is 2. The van der Waals surface area contributed by atoms with Gasteiger partial charge in [-0.1, -0.05) is 12.1 Å². The summed E-state index contributed by atoms with van der Waals surface area (Å²) in [6.45, 7) is 7.00. The quantitative estimate of drug-likeness (QED) is 0.585. The van der Waals surface area contributed by atoms with Crippen molar-refractivity contribution in [3.05, 3.63) is 63.5 Å². The smallest absolute Gasteiger partial charge is 0.274 e. The first kappa shape index (κ1) is 16.6. The Morgan fingerprint density at radius 3 is 2.64 bits per heavy atom. The van der Waals surface area contributed by atoms with E-state index < -0.39 is 0 Å². The molecule has 2 heterocycles. The van der Waals surface area contributed by atoms with Crippen molar-refractivity contribution in [3.63, 3.8) is 0 Å². The lowest BCUT2D eigenvalue weighted by atomic mass is 10.2. The van der Waals surface area contributed by atoms with Crippen LogP contribution in [0.4, 0.5) is 0 Å². The maximum atomic E-state index is 13.0. The first-order chi connectivity index (χ1) is 11.9. The van der Waals surface area contributed by atoms with E-state index in [0.717, 1.165) is 17.0 Å². The van der Waals surface area contributed by atoms with Gasteiger partial charge in [0.05, 0.1) is 17.1 Å². The van der Waals surface area contributed by atoms with Crippen molar-refractivity contribution in [3.8, 4) is 0 Å². The Labute approximate surface area is 144 Å². The van der Waals surface area contributed by atoms with Crippen molar-refractivity contribution in [2.24, 2.45) is 5.10 Å². The molecule has 7 heteroatoms. The van der Waals surface area contributed by atoms with Crippen molar-refractivity contribution in [2.45, 2.75) is 27.7 Å². The number of benzene rings is 1. The van der Waals surface area contributed by atoms with Crippen LogP contribution in [0.2, 0.25) is 0 Å². The van der Waals surface area contributed by atoms with Gasteiger partial charge in [-0.05, 0) is 39.0 Å². The summed E-state index contributed by atoms with van der Waals surface area (Å²) in [6.07, 6.45) is 1.56. The highest BCUT2D eigenvalue weighted by Crippen LogP contribution is 2.15. The van der Waals surface area contributed by atoms with E-state index in [1.165, 1.54) is 6.92 Å². The van der Waals surface area contributed by atoms with Crippen LogP contribution in [0, 0.1) is 20.8 Å². The van der Waals surface area contributed by atoms with Gasteiger partial charge in [-0.25, -0.2) is 10.4 Å². The van der Waals surface area contributed by atoms with Crippen LogP contribution in [0.25, 0.3) is 10.9 Å². The lowest BCUT2D eigenvalue weighted by molar-refractivity contribution is -0.118. The van der Waals surface area contributed by atoms with Gasteiger partial charge in [-0.2, -0.15) is 9.78 Å². The summed E-state index contributed by atoms with van der Waals surface area (Å²) in [7, 11) is 0. The van der Waals surface area contributed by atoms with Crippen molar-refractivity contribution >= 4 is 23.0 Å². The molecule has 0 unspecified atom stereocenters. The minimum Gasteiger partial charge on any atom is -0.274 e. The number of hydrogen-bond donors (Lipinski definition) is 1. The molecule has 128 valence electrons. The molecular weight excluding hydrogens is 318 g/mol. The van der Waals surface area contributed by atoms with Gasteiger partial charge >= 0.3 is 0 Å². The number of nitrogens with zero attached hydrogens (tertiary/aromatic N) is 4. The van der Waals surface area contributed by atoms with Crippen LogP contribution in [0.5, 0.6) is 0 Å². The molecule has 0 saturated heterocycles. The van der Waals surface area contributed by atoms with Gasteiger partial charge in [0.2, 0.25) is 5.91 Å². The largest absolute Gasteiger partial charge is 0.280 e. The van der Waals surface area contributed by atoms with Crippen LogP contribution < -0.4 is 11.0 Å². The highest BCUT2D eigenvalue weighted by atomic mass is 16.2. The zero-order valence-corrected chi connectivity index (χ0v) is 14.6. The molecule has 3 aromatic rings. The number of hydrogen-bond acceptors (Lipinski definition) is 4. The number of fused-ring (bicyclic) bond motifs is 1. The van der Waals surface area contributed by atoms with Gasteiger partial charge in [0.1, 0.15) is 5.82 Å². The van der Waals surface area contributed by atoms with Crippen LogP contribution in [-0.4, -0.2) is 26.5 Å². The summed E-state index contributed by atoms with van der Waals surface area (Å²) < 4.78 is 3.37. The zero-order valence-electron chi connectivity index (χ0n) is 14.6. The number of nitrogens with one attached hydrogen (secondary N) is 1. The third-order valence-corrected chi connectivity index (χ3v) is 3.98. The summed E-state index contributed by atoms with van der Waals surface area (Å²) in [5.41, 5.74) is 5.43. The standard InChI is InChI=1S/C18H19N5O2/c1-11-9-15(10-19-21-14(4)24)12(2)22(11)23-13(3)20-17-8-6-5-7-16(17)18(23)25/h5-10H,1-4H3,(H,21,24). The van der Waals surface area contributed by atoms with E-state index in [1.54, 1.807) is 23.9 Å². The maximum absolute atomic E-state index is 13.0. The average molecular weight is 337 g/mol. The summed E-state index contributed by atoms with van der Waals surface area (Å²) in [5.74, 6) is 0.353. The SMILES string of the molecule is CC(=O)NN=Cc1cc(C)n(-n2c(C)nc3ccccc3c2=O)c1C. The van der Waals surface area contributed by atoms with E-state index in [4.69, 9.17) is 0 Å². The Balaban J connectivity index is 2.19. The van der Waals surface area contributed by atoms with Gasteiger partial charge in [0, 0.05) is 23.9 Å². The summed E-state index contributed by atoms with van der Waals surface area (Å²) >= 11 is 0. The minimum atomic E-state index is -0.240. The molecule has 0 bridgehead atoms. The summed E-state index contributed by atoms with van der Waals surface area (Å²) in [6, 6.07) is 9.19. The Bertz CT molecular complexity index is 1060. The van der Waals surface area contributed by atoms with Crippen LogP contribution in [0.1, 0.15) is 29.7 Å². The number of amides is 1. The molecule has 25 heavy (non-hydrogen) atoms. The molecule has 2 aromatic heterocycles. The van der Waals surface area contributed by atoms with Crippen LogP contribution in [0.15, 0.2) is 40.2 Å². The molecule has 0 saturated carbocycles. The number of carbonyl (C=O) groups excluding carboxylic acids is 1. The molecule has 0 radical (unpaired) electrons. The molecule has 0 atom stereocenters. The second-order valence-electron chi connectivity index (χ2n) is 5.86. The maximum Gasteiger partial charge on any atom is 0.280 e. The fraction of sp³-hybridized carbons (Fsp3) is 0.222. The van der Waals surface area contributed by atoms with Gasteiger partial charge in [0.15, 0.2) is 0 Å². The lowest BCUT2D eigenvalue weighted by Gasteiger charge is -2.16. The van der Waals surface area contributed by atoms with Crippen molar-refractivity contribution < 1.29 is 4.79 Å². The van der Waals surface area contributed by atoms with E-state index >= 15 is 0 Å². The summed E-state index contributed by atoms with van der Waals surface area (Å²) in [5, 5.41) is 4.47. The average Bonchev–Trinajstić information content (AvgIpc) is 2.82. The molecule has 7 nitrogen and oxygen atoms in total. The molecule has 3 rings (SSSR count). The predicted octanol–water partition coefficient (Wildman–Crippen LogP) is 1.90. The summed E-state index contributed by atoms with van der Waals surface area (Å²) in [4.78, 5) is 28.5. The van der Waals surface area contributed by atoms with Crippen LogP contribution in [0.3, 0.4) is 0 Å². The Morgan fingerprint density at radius 2 is 1.92 bits per heavy atom. The van der Waals surface area contributed by atoms with E-state index in [9.17, 15) is 9.59 Å². The first-order valence-corrected chi connectivity index (χ1v) is 7.88. The van der Waals surface area contributed by atoms with Gasteiger partial charge in [0.25, 0.3) is 5.56 Å². The Morgan fingerprint density at radius 1 is 1.20 bits per heavy atom. The van der Waals surface area contributed by atoms with E-state index in [2.05, 4.69) is 15.5 Å². The Hall–Kier alpha value is -3.22. The Kier molecular flexibility index (Phi) is 4.22. The van der Waals surface area contributed by atoms with Gasteiger partial charge in [-0.3, -0.25) is 14.3 Å². The lowest BCUT2D eigenvalue weighted by Crippen LogP contribution is -2.30. The number of hydrazone groups is 1. The third-order valence-electron chi connectivity index (χ3n) is 3.98. The molecule has 0 spiro atoms. The molecule has 1 amide bonds. The molecular formula is C18H19N5O2. The first-order valence-electron chi connectivity index (χ1n) is 7.88. The molecule has 0 aliphatic carbocycles. The molecule has 0 aliphatic heterocycles. The third kappa shape index (κ3) is 2.96. The highest BCUT2D eigenvalue weighted by molar-refractivity contribution is 5.83. The fourth-order valence-electron chi connectivity index (χ4n) is 2.88. The monoisotopic (exact) mass is 337 g/mol. The van der Waals surface area contributed by atoms with Crippen molar-refractivity contribution in [1.82, 2.24) is 19.8 Å². The minimum absolute atomic E-state index is 0.129. The number of carbonyl (C=O) groups is 1. The predicted molar refractivity (Wildman–Crippen MR) is 96.9 cm³/mol. The number of rotatable bonds is 3. The zero-order chi connectivity index (χ0) is 18.1. The van der Waals surface area contributed by atoms with Crippen LogP contribution >= 0.6 is 0 Å². The number of para-hydroxylation sites is 1. The normalized spacial score (nSPS) is 11.4. The van der Waals surface area contributed by atoms with Gasteiger partial charge < -0.3 is 0 Å². The second-order valence-corrected chi connectivity index (χ2v) is 5.86. The van der Waals surface area contributed by atoms with Crippen molar-refractivity contribution in [1.29, 1.82) is 0 Å². The highest BCUT2D eigenvalue weighted by Gasteiger charge is 2.15. The molecule has 1 N–H and O–H groups in total. The van der Waals surface area contributed by atoms with E-state index in [1.807, 2.05) is 42.8 Å². The topological polar surface area (TPSA) is 81.3 Å². The molecule has 0 aliphatic rings. The molecule has 0 fully saturated rings. The number of aromatic nitrogens is 3. The van der Waals surface area contributed by atoms with Gasteiger partial charge in [-0.15, -0.1) is 0 Å².